The molecule has 8 heteroatoms. The molecule has 1 aliphatic heterocycles. The molecule has 0 spiro atoms. The molecular weight excluding hydrogens is 404 g/mol. The average Bonchev–Trinajstić information content (AvgIpc) is 3.34. The number of carbonyl (C=O) groups excluding carboxylic acids is 1. The van der Waals surface area contributed by atoms with Crippen LogP contribution in [0.1, 0.15) is 31.2 Å². The number of rotatable bonds is 5. The maximum atomic E-state index is 13.0. The van der Waals surface area contributed by atoms with Crippen molar-refractivity contribution in [2.45, 2.75) is 30.6 Å². The van der Waals surface area contributed by atoms with Crippen molar-refractivity contribution in [2.24, 2.45) is 0 Å². The number of ether oxygens (including phenoxy) is 2. The molecule has 2 aromatic carbocycles. The number of nitrogens with zero attached hydrogens (tertiary/aromatic N) is 1. The third-order valence-corrected chi connectivity index (χ3v) is 7.00. The number of hydrogen-bond acceptors (Lipinski definition) is 5. The molecule has 1 amide bonds. The summed E-state index contributed by atoms with van der Waals surface area (Å²) < 4.78 is 39.1. The number of amides is 1. The molecule has 1 N–H and O–H groups in total. The summed E-state index contributed by atoms with van der Waals surface area (Å²) in [5.74, 6) is 0.865. The van der Waals surface area contributed by atoms with Gasteiger partial charge in [0.05, 0.1) is 30.5 Å². The van der Waals surface area contributed by atoms with E-state index in [9.17, 15) is 13.2 Å². The van der Waals surface area contributed by atoms with E-state index in [0.29, 0.717) is 28.3 Å². The molecule has 0 atom stereocenters. The molecule has 0 aromatic heterocycles. The van der Waals surface area contributed by atoms with Crippen LogP contribution in [0.5, 0.6) is 11.5 Å². The number of likely N-dealkylation sites (N-methyl/N-ethyl adjacent to an activating group) is 1. The highest BCUT2D eigenvalue weighted by Gasteiger charge is 2.34. The smallest absolute Gasteiger partial charge is 0.261 e. The Morgan fingerprint density at radius 2 is 1.67 bits per heavy atom. The lowest BCUT2D eigenvalue weighted by atomic mass is 10.00. The summed E-state index contributed by atoms with van der Waals surface area (Å²) in [5.41, 5.74) is 3.56. The minimum absolute atomic E-state index is 0.0655. The van der Waals surface area contributed by atoms with Crippen LogP contribution in [-0.4, -0.2) is 35.6 Å². The molecule has 1 aliphatic carbocycles. The van der Waals surface area contributed by atoms with Crippen LogP contribution in [0.2, 0.25) is 0 Å². The monoisotopic (exact) mass is 428 g/mol. The van der Waals surface area contributed by atoms with Gasteiger partial charge in [0.1, 0.15) is 0 Å². The summed E-state index contributed by atoms with van der Waals surface area (Å²) in [6.07, 6.45) is 3.89. The molecular formula is C22H24N2O5S. The van der Waals surface area contributed by atoms with E-state index >= 15 is 0 Å². The summed E-state index contributed by atoms with van der Waals surface area (Å²) >= 11 is 0. The first-order chi connectivity index (χ1) is 14.4. The van der Waals surface area contributed by atoms with Crippen LogP contribution < -0.4 is 19.1 Å². The molecule has 7 nitrogen and oxygen atoms in total. The SMILES string of the molecule is COc1ccc(NS(=O)(=O)c2ccc3c(c2)C(=C2CCCC2)C(=O)N3C)cc1OC. The Kier molecular flexibility index (Phi) is 5.19. The van der Waals surface area contributed by atoms with E-state index in [1.54, 1.807) is 42.3 Å². The van der Waals surface area contributed by atoms with E-state index in [-0.39, 0.29) is 10.8 Å². The fourth-order valence-electron chi connectivity index (χ4n) is 4.07. The van der Waals surface area contributed by atoms with E-state index < -0.39 is 10.0 Å². The zero-order valence-electron chi connectivity index (χ0n) is 17.2. The van der Waals surface area contributed by atoms with Gasteiger partial charge < -0.3 is 14.4 Å². The van der Waals surface area contributed by atoms with Gasteiger partial charge in [0.25, 0.3) is 15.9 Å². The number of sulfonamides is 1. The van der Waals surface area contributed by atoms with Crippen molar-refractivity contribution in [1.82, 2.24) is 0 Å². The van der Waals surface area contributed by atoms with E-state index in [1.165, 1.54) is 20.3 Å². The Morgan fingerprint density at radius 1 is 0.967 bits per heavy atom. The Morgan fingerprint density at radius 3 is 2.33 bits per heavy atom. The summed E-state index contributed by atoms with van der Waals surface area (Å²) in [4.78, 5) is 14.5. The molecule has 2 aliphatic rings. The highest BCUT2D eigenvalue weighted by molar-refractivity contribution is 7.92. The Balaban J connectivity index is 1.72. The molecule has 0 radical (unpaired) electrons. The number of fused-ring (bicyclic) bond motifs is 1. The fraction of sp³-hybridized carbons (Fsp3) is 0.318. The minimum atomic E-state index is -3.86. The van der Waals surface area contributed by atoms with Crippen LogP contribution in [0.15, 0.2) is 46.9 Å². The van der Waals surface area contributed by atoms with E-state index in [0.717, 1.165) is 36.9 Å². The Bertz CT molecular complexity index is 1150. The highest BCUT2D eigenvalue weighted by Crippen LogP contribution is 2.42. The molecule has 1 heterocycles. The molecule has 4 rings (SSSR count). The van der Waals surface area contributed by atoms with Gasteiger partial charge >= 0.3 is 0 Å². The predicted molar refractivity (Wildman–Crippen MR) is 116 cm³/mol. The summed E-state index contributed by atoms with van der Waals surface area (Å²) in [6.45, 7) is 0. The van der Waals surface area contributed by atoms with Crippen molar-refractivity contribution in [3.63, 3.8) is 0 Å². The molecule has 1 saturated carbocycles. The van der Waals surface area contributed by atoms with Crippen molar-refractivity contribution in [3.8, 4) is 11.5 Å². The molecule has 0 saturated heterocycles. The van der Waals surface area contributed by atoms with Crippen LogP contribution in [0.4, 0.5) is 11.4 Å². The number of nitrogens with one attached hydrogen (secondary N) is 1. The third kappa shape index (κ3) is 3.41. The lowest BCUT2D eigenvalue weighted by molar-refractivity contribution is -0.112. The van der Waals surface area contributed by atoms with Gasteiger partial charge in [-0.05, 0) is 56.0 Å². The first kappa shape index (κ1) is 20.3. The number of allylic oxidation sites excluding steroid dienone is 1. The average molecular weight is 429 g/mol. The molecule has 0 unspecified atom stereocenters. The van der Waals surface area contributed by atoms with Crippen LogP contribution in [0.25, 0.3) is 5.57 Å². The second-order valence-electron chi connectivity index (χ2n) is 7.40. The van der Waals surface area contributed by atoms with E-state index in [2.05, 4.69) is 4.72 Å². The van der Waals surface area contributed by atoms with Crippen molar-refractivity contribution in [3.05, 3.63) is 47.5 Å². The summed E-state index contributed by atoms with van der Waals surface area (Å²) in [5, 5.41) is 0. The van der Waals surface area contributed by atoms with Gasteiger partial charge in [0, 0.05) is 24.3 Å². The van der Waals surface area contributed by atoms with Crippen LogP contribution in [-0.2, 0) is 14.8 Å². The predicted octanol–water partition coefficient (Wildman–Crippen LogP) is 3.81. The standard InChI is InChI=1S/C22H24N2O5S/c1-24-18-10-9-16(13-17(18)21(22(24)25)14-6-4-5-7-14)30(26,27)23-15-8-11-19(28-2)20(12-15)29-3/h8-13,23H,4-7H2,1-3H3. The van der Waals surface area contributed by atoms with Gasteiger partial charge in [-0.2, -0.15) is 0 Å². The van der Waals surface area contributed by atoms with E-state index in [1.807, 2.05) is 0 Å². The Labute approximate surface area is 176 Å². The number of benzene rings is 2. The molecule has 30 heavy (non-hydrogen) atoms. The summed E-state index contributed by atoms with van der Waals surface area (Å²) in [7, 11) is 0.865. The molecule has 158 valence electrons. The summed E-state index contributed by atoms with van der Waals surface area (Å²) in [6, 6.07) is 9.62. The zero-order chi connectivity index (χ0) is 21.5. The maximum Gasteiger partial charge on any atom is 0.261 e. The highest BCUT2D eigenvalue weighted by atomic mass is 32.2. The first-order valence-corrected chi connectivity index (χ1v) is 11.2. The van der Waals surface area contributed by atoms with Gasteiger partial charge in [-0.15, -0.1) is 0 Å². The first-order valence-electron chi connectivity index (χ1n) is 9.75. The van der Waals surface area contributed by atoms with Crippen molar-refractivity contribution >= 4 is 32.9 Å². The van der Waals surface area contributed by atoms with Gasteiger partial charge in [0.15, 0.2) is 11.5 Å². The third-order valence-electron chi connectivity index (χ3n) is 5.62. The number of hydrogen-bond donors (Lipinski definition) is 1. The second kappa shape index (κ2) is 7.68. The topological polar surface area (TPSA) is 84.9 Å². The van der Waals surface area contributed by atoms with Crippen LogP contribution in [0, 0.1) is 0 Å². The number of methoxy groups -OCH3 is 2. The normalized spacial score (nSPS) is 16.1. The second-order valence-corrected chi connectivity index (χ2v) is 9.09. The lowest BCUT2D eigenvalue weighted by Gasteiger charge is -2.13. The molecule has 2 aromatic rings. The van der Waals surface area contributed by atoms with Gasteiger partial charge in [-0.25, -0.2) is 8.42 Å². The lowest BCUT2D eigenvalue weighted by Crippen LogP contribution is -2.20. The van der Waals surface area contributed by atoms with Gasteiger partial charge in [0.2, 0.25) is 0 Å². The van der Waals surface area contributed by atoms with Gasteiger partial charge in [-0.3, -0.25) is 9.52 Å². The molecule has 0 bridgehead atoms. The number of carbonyl (C=O) groups is 1. The fourth-order valence-corrected chi connectivity index (χ4v) is 5.15. The van der Waals surface area contributed by atoms with Crippen LogP contribution >= 0.6 is 0 Å². The quantitative estimate of drug-likeness (QED) is 0.732. The van der Waals surface area contributed by atoms with E-state index in [4.69, 9.17) is 9.47 Å². The zero-order valence-corrected chi connectivity index (χ0v) is 18.0. The Hall–Kier alpha value is -3.00. The number of anilines is 2. The molecule has 1 fully saturated rings. The minimum Gasteiger partial charge on any atom is -0.493 e. The largest absolute Gasteiger partial charge is 0.493 e. The van der Waals surface area contributed by atoms with Gasteiger partial charge in [-0.1, -0.05) is 5.57 Å². The van der Waals surface area contributed by atoms with Crippen molar-refractivity contribution in [1.29, 1.82) is 0 Å². The maximum absolute atomic E-state index is 13.0. The van der Waals surface area contributed by atoms with Crippen molar-refractivity contribution in [2.75, 3.05) is 30.9 Å². The van der Waals surface area contributed by atoms with Crippen LogP contribution in [0.3, 0.4) is 0 Å². The van der Waals surface area contributed by atoms with Crippen molar-refractivity contribution < 1.29 is 22.7 Å².